The fourth-order valence-corrected chi connectivity index (χ4v) is 3.69. The highest BCUT2D eigenvalue weighted by atomic mass is 16.5. The lowest BCUT2D eigenvalue weighted by Gasteiger charge is -2.48. The SMILES string of the molecule is COC(=O)[C@@H]1C[C@H]2C3=C(CCCC3=O)[C@@H]1O[C@@H]2C. The Hall–Kier alpha value is -1.16. The van der Waals surface area contributed by atoms with Gasteiger partial charge in [-0.25, -0.2) is 0 Å². The van der Waals surface area contributed by atoms with Crippen molar-refractivity contribution in [3.63, 3.8) is 0 Å². The molecule has 2 aliphatic carbocycles. The maximum atomic E-state index is 12.1. The van der Waals surface area contributed by atoms with Gasteiger partial charge in [0.1, 0.15) is 0 Å². The Bertz CT molecular complexity index is 437. The van der Waals surface area contributed by atoms with Crippen molar-refractivity contribution in [3.8, 4) is 0 Å². The second-order valence-corrected chi connectivity index (χ2v) is 5.45. The molecule has 0 amide bonds. The number of carbonyl (C=O) groups excluding carboxylic acids is 2. The summed E-state index contributed by atoms with van der Waals surface area (Å²) >= 11 is 0. The Kier molecular flexibility index (Phi) is 2.77. The van der Waals surface area contributed by atoms with Gasteiger partial charge in [0, 0.05) is 17.9 Å². The van der Waals surface area contributed by atoms with Crippen LogP contribution in [0.1, 0.15) is 32.6 Å². The molecule has 4 rings (SSSR count). The fourth-order valence-electron chi connectivity index (χ4n) is 3.69. The number of hydrogen-bond donors (Lipinski definition) is 0. The van der Waals surface area contributed by atoms with E-state index in [0.717, 1.165) is 24.0 Å². The summed E-state index contributed by atoms with van der Waals surface area (Å²) < 4.78 is 10.8. The number of rotatable bonds is 1. The first-order valence-electron chi connectivity index (χ1n) is 6.63. The minimum Gasteiger partial charge on any atom is -0.469 e. The lowest BCUT2D eigenvalue weighted by atomic mass is 9.65. The Morgan fingerprint density at radius 2 is 2.17 bits per heavy atom. The van der Waals surface area contributed by atoms with Crippen molar-refractivity contribution in [2.24, 2.45) is 11.8 Å². The molecule has 18 heavy (non-hydrogen) atoms. The van der Waals surface area contributed by atoms with Crippen molar-refractivity contribution >= 4 is 11.8 Å². The van der Waals surface area contributed by atoms with Crippen LogP contribution in [-0.2, 0) is 19.1 Å². The van der Waals surface area contributed by atoms with Gasteiger partial charge < -0.3 is 9.47 Å². The predicted molar refractivity (Wildman–Crippen MR) is 63.8 cm³/mol. The minimum atomic E-state index is -0.225. The summed E-state index contributed by atoms with van der Waals surface area (Å²) in [6, 6.07) is 0. The van der Waals surface area contributed by atoms with Crippen LogP contribution in [0.5, 0.6) is 0 Å². The van der Waals surface area contributed by atoms with E-state index in [1.54, 1.807) is 0 Å². The van der Waals surface area contributed by atoms with E-state index in [4.69, 9.17) is 9.47 Å². The molecule has 0 aromatic heterocycles. The fraction of sp³-hybridized carbons (Fsp3) is 0.714. The van der Waals surface area contributed by atoms with Crippen LogP contribution in [0.3, 0.4) is 0 Å². The molecule has 0 saturated carbocycles. The van der Waals surface area contributed by atoms with Crippen LogP contribution < -0.4 is 0 Å². The third kappa shape index (κ3) is 1.55. The molecule has 0 unspecified atom stereocenters. The number of carbonyl (C=O) groups is 2. The summed E-state index contributed by atoms with van der Waals surface area (Å²) in [5.74, 6) is -0.0751. The lowest BCUT2D eigenvalue weighted by Crippen LogP contribution is -2.52. The molecule has 0 aromatic rings. The molecule has 4 heteroatoms. The quantitative estimate of drug-likeness (QED) is 0.664. The molecule has 4 nitrogen and oxygen atoms in total. The van der Waals surface area contributed by atoms with Crippen LogP contribution in [0.15, 0.2) is 11.1 Å². The zero-order chi connectivity index (χ0) is 12.9. The van der Waals surface area contributed by atoms with Gasteiger partial charge in [0.2, 0.25) is 0 Å². The molecule has 2 aliphatic heterocycles. The molecule has 2 bridgehead atoms. The van der Waals surface area contributed by atoms with Gasteiger partial charge >= 0.3 is 5.97 Å². The highest BCUT2D eigenvalue weighted by Crippen LogP contribution is 2.48. The predicted octanol–water partition coefficient (Wildman–Crippen LogP) is 1.63. The smallest absolute Gasteiger partial charge is 0.311 e. The Balaban J connectivity index is 2.01. The normalized spacial score (nSPS) is 38.7. The molecule has 0 spiro atoms. The monoisotopic (exact) mass is 250 g/mol. The van der Waals surface area contributed by atoms with Crippen molar-refractivity contribution < 1.29 is 19.1 Å². The highest BCUT2D eigenvalue weighted by molar-refractivity contribution is 5.98. The van der Waals surface area contributed by atoms with Crippen LogP contribution >= 0.6 is 0 Å². The Morgan fingerprint density at radius 3 is 2.89 bits per heavy atom. The lowest BCUT2D eigenvalue weighted by molar-refractivity contribution is -0.164. The number of methoxy groups -OCH3 is 1. The molecule has 0 aromatic carbocycles. The van der Waals surface area contributed by atoms with Crippen molar-refractivity contribution in [1.29, 1.82) is 0 Å². The van der Waals surface area contributed by atoms with Gasteiger partial charge in [0.25, 0.3) is 0 Å². The minimum absolute atomic E-state index is 0.0386. The van der Waals surface area contributed by atoms with Crippen molar-refractivity contribution in [2.45, 2.75) is 44.8 Å². The van der Waals surface area contributed by atoms with E-state index in [-0.39, 0.29) is 35.8 Å². The van der Waals surface area contributed by atoms with Crippen molar-refractivity contribution in [3.05, 3.63) is 11.1 Å². The Labute approximate surface area is 106 Å². The molecule has 2 heterocycles. The number of hydrogen-bond acceptors (Lipinski definition) is 4. The van der Waals surface area contributed by atoms with Crippen molar-refractivity contribution in [2.75, 3.05) is 7.11 Å². The Morgan fingerprint density at radius 1 is 1.39 bits per heavy atom. The molecule has 1 saturated heterocycles. The average Bonchev–Trinajstić information content (AvgIpc) is 2.38. The van der Waals surface area contributed by atoms with Gasteiger partial charge in [-0.05, 0) is 31.8 Å². The molecule has 1 fully saturated rings. The van der Waals surface area contributed by atoms with Gasteiger partial charge in [-0.15, -0.1) is 0 Å². The van der Waals surface area contributed by atoms with E-state index in [9.17, 15) is 9.59 Å². The summed E-state index contributed by atoms with van der Waals surface area (Å²) in [6.07, 6.45) is 2.93. The largest absolute Gasteiger partial charge is 0.469 e. The van der Waals surface area contributed by atoms with Gasteiger partial charge in [-0.3, -0.25) is 9.59 Å². The number of ketones is 1. The van der Waals surface area contributed by atoms with Crippen LogP contribution in [0.25, 0.3) is 0 Å². The highest BCUT2D eigenvalue weighted by Gasteiger charge is 2.51. The number of Topliss-reactive ketones (excluding diaryl/α,β-unsaturated/α-hetero) is 1. The van der Waals surface area contributed by atoms with Gasteiger partial charge in [0.05, 0.1) is 25.2 Å². The average molecular weight is 250 g/mol. The molecule has 4 atom stereocenters. The van der Waals surface area contributed by atoms with Crippen LogP contribution in [0, 0.1) is 11.8 Å². The van der Waals surface area contributed by atoms with Gasteiger partial charge in [-0.2, -0.15) is 0 Å². The summed E-state index contributed by atoms with van der Waals surface area (Å²) in [6.45, 7) is 2.00. The second-order valence-electron chi connectivity index (χ2n) is 5.45. The standard InChI is InChI=1S/C14H18O4/c1-7-9-6-10(14(16)17-2)13(18-7)8-4-3-5-11(15)12(8)9/h7,9-10,13H,3-6H2,1-2H3/t7-,9-,10-,13+/m1/s1. The van der Waals surface area contributed by atoms with Gasteiger partial charge in [0.15, 0.2) is 5.78 Å². The first-order valence-corrected chi connectivity index (χ1v) is 6.63. The van der Waals surface area contributed by atoms with Crippen molar-refractivity contribution in [1.82, 2.24) is 0 Å². The summed E-state index contributed by atoms with van der Waals surface area (Å²) in [4.78, 5) is 23.9. The summed E-state index contributed by atoms with van der Waals surface area (Å²) in [5.41, 5.74) is 2.06. The summed E-state index contributed by atoms with van der Waals surface area (Å²) in [5, 5.41) is 0. The van der Waals surface area contributed by atoms with E-state index in [1.165, 1.54) is 7.11 Å². The molecule has 0 radical (unpaired) electrons. The van der Waals surface area contributed by atoms with Gasteiger partial charge in [-0.1, -0.05) is 0 Å². The third-order valence-corrected chi connectivity index (χ3v) is 4.52. The first-order chi connectivity index (χ1) is 8.63. The van der Waals surface area contributed by atoms with E-state index < -0.39 is 0 Å². The van der Waals surface area contributed by atoms with Crippen LogP contribution in [-0.4, -0.2) is 31.1 Å². The summed E-state index contributed by atoms with van der Waals surface area (Å²) in [7, 11) is 1.41. The molecular weight excluding hydrogens is 232 g/mol. The second kappa shape index (κ2) is 4.19. The number of ether oxygens (including phenoxy) is 2. The van der Waals surface area contributed by atoms with E-state index >= 15 is 0 Å². The van der Waals surface area contributed by atoms with Crippen LogP contribution in [0.2, 0.25) is 0 Å². The zero-order valence-corrected chi connectivity index (χ0v) is 10.8. The zero-order valence-electron chi connectivity index (χ0n) is 10.8. The molecule has 4 aliphatic rings. The topological polar surface area (TPSA) is 52.6 Å². The third-order valence-electron chi connectivity index (χ3n) is 4.52. The van der Waals surface area contributed by atoms with E-state index in [2.05, 4.69) is 0 Å². The molecular formula is C14H18O4. The first kappa shape index (κ1) is 11.9. The van der Waals surface area contributed by atoms with E-state index in [1.807, 2.05) is 6.92 Å². The van der Waals surface area contributed by atoms with Crippen LogP contribution in [0.4, 0.5) is 0 Å². The maximum Gasteiger partial charge on any atom is 0.311 e. The number of fused-ring (bicyclic) bond motifs is 2. The molecule has 0 N–H and O–H groups in total. The van der Waals surface area contributed by atoms with E-state index in [0.29, 0.717) is 12.8 Å². The number of esters is 1. The maximum absolute atomic E-state index is 12.1. The molecule has 98 valence electrons.